The average Bonchev–Trinajstić information content (AvgIpc) is 2.99. The lowest BCUT2D eigenvalue weighted by Crippen LogP contribution is -2.27. The Bertz CT molecular complexity index is 558. The molecule has 1 atom stereocenters. The summed E-state index contributed by atoms with van der Waals surface area (Å²) in [6.45, 7) is 0.966. The predicted molar refractivity (Wildman–Crippen MR) is 92.5 cm³/mol. The summed E-state index contributed by atoms with van der Waals surface area (Å²) in [5.41, 5.74) is 1.04. The molecular formula is C16H24ClN3O3. The van der Waals surface area contributed by atoms with Crippen LogP contribution < -0.4 is 15.4 Å². The van der Waals surface area contributed by atoms with Gasteiger partial charge >= 0.3 is 0 Å². The van der Waals surface area contributed by atoms with Crippen molar-refractivity contribution >= 4 is 29.9 Å². The predicted octanol–water partition coefficient (Wildman–Crippen LogP) is 1.90. The van der Waals surface area contributed by atoms with Gasteiger partial charge in [-0.05, 0) is 37.6 Å². The summed E-state index contributed by atoms with van der Waals surface area (Å²) < 4.78 is 5.26. The molecule has 0 radical (unpaired) electrons. The first-order valence-electron chi connectivity index (χ1n) is 7.44. The van der Waals surface area contributed by atoms with Crippen molar-refractivity contribution in [1.29, 1.82) is 0 Å². The number of nitrogens with zero attached hydrogens (tertiary/aromatic N) is 1. The summed E-state index contributed by atoms with van der Waals surface area (Å²) in [5, 5.41) is 6.14. The molecule has 0 spiro atoms. The van der Waals surface area contributed by atoms with Crippen molar-refractivity contribution < 1.29 is 14.3 Å². The molecule has 128 valence electrons. The highest BCUT2D eigenvalue weighted by Gasteiger charge is 2.19. The molecule has 1 unspecified atom stereocenters. The van der Waals surface area contributed by atoms with Crippen LogP contribution in [0.5, 0.6) is 5.75 Å². The van der Waals surface area contributed by atoms with Gasteiger partial charge in [0.2, 0.25) is 5.91 Å². The van der Waals surface area contributed by atoms with Crippen molar-refractivity contribution in [3.05, 3.63) is 23.8 Å². The zero-order valence-corrected chi connectivity index (χ0v) is 14.5. The smallest absolute Gasteiger partial charge is 0.253 e. The summed E-state index contributed by atoms with van der Waals surface area (Å²) in [4.78, 5) is 25.7. The molecule has 1 aliphatic heterocycles. The second kappa shape index (κ2) is 8.74. The van der Waals surface area contributed by atoms with E-state index in [0.29, 0.717) is 23.4 Å². The van der Waals surface area contributed by atoms with E-state index in [1.54, 1.807) is 32.3 Å². The number of benzene rings is 1. The van der Waals surface area contributed by atoms with Gasteiger partial charge in [-0.25, -0.2) is 0 Å². The molecule has 2 rings (SSSR count). The van der Waals surface area contributed by atoms with Crippen molar-refractivity contribution in [3.63, 3.8) is 0 Å². The van der Waals surface area contributed by atoms with E-state index in [-0.39, 0.29) is 30.3 Å². The molecule has 6 nitrogen and oxygen atoms in total. The van der Waals surface area contributed by atoms with Crippen LogP contribution in [0.1, 0.15) is 29.6 Å². The second-order valence-corrected chi connectivity index (χ2v) is 5.66. The van der Waals surface area contributed by atoms with E-state index in [1.165, 1.54) is 12.0 Å². The van der Waals surface area contributed by atoms with Gasteiger partial charge in [0.1, 0.15) is 5.75 Å². The van der Waals surface area contributed by atoms with Crippen LogP contribution in [-0.2, 0) is 4.79 Å². The maximum absolute atomic E-state index is 12.1. The van der Waals surface area contributed by atoms with E-state index in [2.05, 4.69) is 10.6 Å². The quantitative estimate of drug-likeness (QED) is 0.858. The van der Waals surface area contributed by atoms with E-state index in [0.717, 1.165) is 19.4 Å². The second-order valence-electron chi connectivity index (χ2n) is 5.66. The summed E-state index contributed by atoms with van der Waals surface area (Å²) in [6, 6.07) is 5.27. The van der Waals surface area contributed by atoms with Gasteiger partial charge in [0.15, 0.2) is 0 Å². The molecule has 1 aromatic rings. The Hall–Kier alpha value is -1.79. The maximum Gasteiger partial charge on any atom is 0.253 e. The lowest BCUT2D eigenvalue weighted by atomic mass is 10.1. The SMILES string of the molecule is COc1ccc(C(=O)N(C)C)cc1NC(=O)CC1CCCN1.Cl. The van der Waals surface area contributed by atoms with Gasteiger partial charge in [-0.15, -0.1) is 12.4 Å². The van der Waals surface area contributed by atoms with E-state index in [4.69, 9.17) is 4.74 Å². The summed E-state index contributed by atoms with van der Waals surface area (Å²) in [7, 11) is 4.92. The number of amides is 2. The van der Waals surface area contributed by atoms with Crippen LogP contribution in [0, 0.1) is 0 Å². The topological polar surface area (TPSA) is 70.7 Å². The van der Waals surface area contributed by atoms with Crippen molar-refractivity contribution in [2.24, 2.45) is 0 Å². The maximum atomic E-state index is 12.1. The molecule has 1 aromatic carbocycles. The van der Waals surface area contributed by atoms with Gasteiger partial charge in [0.05, 0.1) is 12.8 Å². The van der Waals surface area contributed by atoms with Gasteiger partial charge < -0.3 is 20.3 Å². The number of ether oxygens (including phenoxy) is 1. The number of rotatable bonds is 5. The molecule has 7 heteroatoms. The summed E-state index contributed by atoms with van der Waals surface area (Å²) in [5.74, 6) is 0.353. The minimum Gasteiger partial charge on any atom is -0.495 e. The van der Waals surface area contributed by atoms with Crippen LogP contribution in [-0.4, -0.2) is 50.5 Å². The van der Waals surface area contributed by atoms with Crippen LogP contribution in [0.4, 0.5) is 5.69 Å². The van der Waals surface area contributed by atoms with Gasteiger partial charge in [-0.2, -0.15) is 0 Å². The van der Waals surface area contributed by atoms with E-state index >= 15 is 0 Å². The normalized spacial score (nSPS) is 16.4. The molecule has 2 N–H and O–H groups in total. The molecule has 1 heterocycles. The molecule has 1 aliphatic rings. The van der Waals surface area contributed by atoms with Gasteiger partial charge in [-0.1, -0.05) is 0 Å². The molecule has 1 fully saturated rings. The third-order valence-corrected chi connectivity index (χ3v) is 3.72. The Morgan fingerprint density at radius 2 is 2.13 bits per heavy atom. The Balaban J connectivity index is 0.00000264. The monoisotopic (exact) mass is 341 g/mol. The number of nitrogens with one attached hydrogen (secondary N) is 2. The zero-order chi connectivity index (χ0) is 16.1. The van der Waals surface area contributed by atoms with Gasteiger partial charge in [-0.3, -0.25) is 9.59 Å². The Morgan fingerprint density at radius 3 is 2.70 bits per heavy atom. The molecule has 1 saturated heterocycles. The van der Waals surface area contributed by atoms with Gasteiger partial charge in [0, 0.05) is 32.1 Å². The number of hydrogen-bond acceptors (Lipinski definition) is 4. The summed E-state index contributed by atoms with van der Waals surface area (Å²) in [6.07, 6.45) is 2.55. The fourth-order valence-corrected chi connectivity index (χ4v) is 2.55. The molecule has 0 bridgehead atoms. The zero-order valence-electron chi connectivity index (χ0n) is 13.7. The first-order valence-corrected chi connectivity index (χ1v) is 7.44. The molecule has 2 amide bonds. The van der Waals surface area contributed by atoms with E-state index < -0.39 is 0 Å². The molecule has 0 saturated carbocycles. The minimum absolute atomic E-state index is 0. The third-order valence-electron chi connectivity index (χ3n) is 3.72. The summed E-state index contributed by atoms with van der Waals surface area (Å²) >= 11 is 0. The standard InChI is InChI=1S/C16H23N3O3.ClH/c1-19(2)16(21)11-6-7-14(22-3)13(9-11)18-15(20)10-12-5-4-8-17-12;/h6-7,9,12,17H,4-5,8,10H2,1-3H3,(H,18,20);1H. The number of methoxy groups -OCH3 is 1. The van der Waals surface area contributed by atoms with E-state index in [9.17, 15) is 9.59 Å². The average molecular weight is 342 g/mol. The highest BCUT2D eigenvalue weighted by molar-refractivity contribution is 5.98. The van der Waals surface area contributed by atoms with Crippen molar-refractivity contribution in [3.8, 4) is 5.75 Å². The molecular weight excluding hydrogens is 318 g/mol. The number of hydrogen-bond donors (Lipinski definition) is 2. The van der Waals surface area contributed by atoms with Crippen LogP contribution in [0.3, 0.4) is 0 Å². The van der Waals surface area contributed by atoms with Crippen LogP contribution in [0.15, 0.2) is 18.2 Å². The minimum atomic E-state index is -0.115. The van der Waals surface area contributed by atoms with E-state index in [1.807, 2.05) is 0 Å². The highest BCUT2D eigenvalue weighted by Crippen LogP contribution is 2.26. The Labute approximate surface area is 143 Å². The lowest BCUT2D eigenvalue weighted by molar-refractivity contribution is -0.116. The van der Waals surface area contributed by atoms with Crippen LogP contribution >= 0.6 is 12.4 Å². The first kappa shape index (κ1) is 19.3. The third kappa shape index (κ3) is 5.11. The fourth-order valence-electron chi connectivity index (χ4n) is 2.55. The first-order chi connectivity index (χ1) is 10.5. The number of halogens is 1. The number of carbonyl (C=O) groups is 2. The Morgan fingerprint density at radius 1 is 1.39 bits per heavy atom. The highest BCUT2D eigenvalue weighted by atomic mass is 35.5. The largest absolute Gasteiger partial charge is 0.495 e. The van der Waals surface area contributed by atoms with Gasteiger partial charge in [0.25, 0.3) is 5.91 Å². The lowest BCUT2D eigenvalue weighted by Gasteiger charge is -2.15. The van der Waals surface area contributed by atoms with Crippen LogP contribution in [0.2, 0.25) is 0 Å². The van der Waals surface area contributed by atoms with Crippen molar-refractivity contribution in [2.45, 2.75) is 25.3 Å². The molecule has 0 aromatic heterocycles. The molecule has 23 heavy (non-hydrogen) atoms. The molecule has 0 aliphatic carbocycles. The number of carbonyl (C=O) groups excluding carboxylic acids is 2. The number of anilines is 1. The van der Waals surface area contributed by atoms with Crippen molar-refractivity contribution in [1.82, 2.24) is 10.2 Å². The van der Waals surface area contributed by atoms with Crippen LogP contribution in [0.25, 0.3) is 0 Å². The fraction of sp³-hybridized carbons (Fsp3) is 0.500. The van der Waals surface area contributed by atoms with Crippen molar-refractivity contribution in [2.75, 3.05) is 33.1 Å². The Kier molecular flexibility index (Phi) is 7.32.